The fourth-order valence-corrected chi connectivity index (χ4v) is 3.94. The Morgan fingerprint density at radius 3 is 2.59 bits per heavy atom. The second-order valence-corrected chi connectivity index (χ2v) is 7.33. The smallest absolute Gasteiger partial charge is 0.214 e. The zero-order chi connectivity index (χ0) is 12.9. The second kappa shape index (κ2) is 6.71. The molecule has 0 aromatic rings. The van der Waals surface area contributed by atoms with E-state index < -0.39 is 10.0 Å². The third-order valence-corrected chi connectivity index (χ3v) is 5.23. The van der Waals surface area contributed by atoms with Crippen molar-refractivity contribution in [3.63, 3.8) is 0 Å². The summed E-state index contributed by atoms with van der Waals surface area (Å²) >= 11 is 0. The van der Waals surface area contributed by atoms with Crippen LogP contribution in [0.1, 0.15) is 40.0 Å². The van der Waals surface area contributed by atoms with Gasteiger partial charge in [0.05, 0.1) is 5.75 Å². The standard InChI is InChI=1S/C12H26N2O2S/c1-4-14(10-12-6-5-8-13-12)17(15,16)9-7-11(2)3/h11-13H,4-10H2,1-3H3. The Morgan fingerprint density at radius 2 is 2.12 bits per heavy atom. The van der Waals surface area contributed by atoms with Crippen molar-refractivity contribution in [1.82, 2.24) is 9.62 Å². The lowest BCUT2D eigenvalue weighted by atomic mass is 10.2. The summed E-state index contributed by atoms with van der Waals surface area (Å²) < 4.78 is 25.9. The molecule has 5 heteroatoms. The number of nitrogens with one attached hydrogen (secondary N) is 1. The molecular weight excluding hydrogens is 236 g/mol. The molecule has 1 unspecified atom stereocenters. The Bertz CT molecular complexity index is 308. The fourth-order valence-electron chi connectivity index (χ4n) is 2.11. The highest BCUT2D eigenvalue weighted by molar-refractivity contribution is 7.89. The second-order valence-electron chi connectivity index (χ2n) is 5.24. The van der Waals surface area contributed by atoms with Gasteiger partial charge in [-0.25, -0.2) is 12.7 Å². The van der Waals surface area contributed by atoms with Gasteiger partial charge < -0.3 is 5.32 Å². The van der Waals surface area contributed by atoms with Crippen molar-refractivity contribution in [3.05, 3.63) is 0 Å². The maximum absolute atomic E-state index is 12.2. The van der Waals surface area contributed by atoms with E-state index in [9.17, 15) is 8.42 Å². The summed E-state index contributed by atoms with van der Waals surface area (Å²) in [6.07, 6.45) is 3.00. The van der Waals surface area contributed by atoms with Crippen LogP contribution in [0, 0.1) is 5.92 Å². The fraction of sp³-hybridized carbons (Fsp3) is 1.00. The maximum atomic E-state index is 12.2. The van der Waals surface area contributed by atoms with E-state index in [0.717, 1.165) is 25.8 Å². The van der Waals surface area contributed by atoms with E-state index in [1.807, 2.05) is 6.92 Å². The van der Waals surface area contributed by atoms with E-state index >= 15 is 0 Å². The molecule has 0 amide bonds. The van der Waals surface area contributed by atoms with Crippen LogP contribution in [0.3, 0.4) is 0 Å². The summed E-state index contributed by atoms with van der Waals surface area (Å²) in [7, 11) is -3.06. The minimum Gasteiger partial charge on any atom is -0.313 e. The van der Waals surface area contributed by atoms with Crippen LogP contribution in [0.4, 0.5) is 0 Å². The van der Waals surface area contributed by atoms with Gasteiger partial charge in [0.15, 0.2) is 0 Å². The molecule has 17 heavy (non-hydrogen) atoms. The molecule has 1 aliphatic rings. The number of rotatable bonds is 7. The predicted molar refractivity (Wildman–Crippen MR) is 71.5 cm³/mol. The SMILES string of the molecule is CCN(CC1CCCN1)S(=O)(=O)CCC(C)C. The summed E-state index contributed by atoms with van der Waals surface area (Å²) in [5.74, 6) is 0.721. The van der Waals surface area contributed by atoms with Gasteiger partial charge in [-0.3, -0.25) is 0 Å². The van der Waals surface area contributed by atoms with Crippen molar-refractivity contribution < 1.29 is 8.42 Å². The molecule has 1 heterocycles. The highest BCUT2D eigenvalue weighted by Gasteiger charge is 2.25. The van der Waals surface area contributed by atoms with Crippen molar-refractivity contribution in [2.75, 3.05) is 25.4 Å². The van der Waals surface area contributed by atoms with E-state index in [1.165, 1.54) is 0 Å². The molecule has 0 bridgehead atoms. The summed E-state index contributed by atoms with van der Waals surface area (Å²) in [5.41, 5.74) is 0. The van der Waals surface area contributed by atoms with Crippen molar-refractivity contribution in [1.29, 1.82) is 0 Å². The molecule has 0 saturated carbocycles. The van der Waals surface area contributed by atoms with Crippen LogP contribution >= 0.6 is 0 Å². The molecule has 0 aliphatic carbocycles. The Labute approximate surface area is 106 Å². The van der Waals surface area contributed by atoms with Gasteiger partial charge in [0.2, 0.25) is 10.0 Å². The lowest BCUT2D eigenvalue weighted by Crippen LogP contribution is -2.42. The van der Waals surface area contributed by atoms with E-state index in [1.54, 1.807) is 4.31 Å². The Balaban J connectivity index is 2.52. The van der Waals surface area contributed by atoms with Crippen LogP contribution in [0.2, 0.25) is 0 Å². The van der Waals surface area contributed by atoms with Crippen molar-refractivity contribution in [2.45, 2.75) is 46.1 Å². The highest BCUT2D eigenvalue weighted by atomic mass is 32.2. The first-order valence-corrected chi connectivity index (χ1v) is 8.27. The van der Waals surface area contributed by atoms with Gasteiger partial charge in [0.1, 0.15) is 0 Å². The molecule has 102 valence electrons. The molecule has 1 atom stereocenters. The molecule has 1 aliphatic heterocycles. The number of hydrogen-bond donors (Lipinski definition) is 1. The first kappa shape index (κ1) is 14.9. The van der Waals surface area contributed by atoms with Gasteiger partial charge in [-0.05, 0) is 31.7 Å². The lowest BCUT2D eigenvalue weighted by Gasteiger charge is -2.24. The summed E-state index contributed by atoms with van der Waals surface area (Å²) in [4.78, 5) is 0. The van der Waals surface area contributed by atoms with Crippen molar-refractivity contribution in [3.8, 4) is 0 Å². The van der Waals surface area contributed by atoms with Gasteiger partial charge in [0, 0.05) is 19.1 Å². The largest absolute Gasteiger partial charge is 0.313 e. The molecule has 1 saturated heterocycles. The number of likely N-dealkylation sites (N-methyl/N-ethyl adjacent to an activating group) is 1. The quantitative estimate of drug-likeness (QED) is 0.755. The Hall–Kier alpha value is -0.130. The highest BCUT2D eigenvalue weighted by Crippen LogP contribution is 2.12. The van der Waals surface area contributed by atoms with Crippen LogP contribution in [0.25, 0.3) is 0 Å². The van der Waals surface area contributed by atoms with Crippen LogP contribution in [-0.2, 0) is 10.0 Å². The number of nitrogens with zero attached hydrogens (tertiary/aromatic N) is 1. The van der Waals surface area contributed by atoms with Crippen molar-refractivity contribution in [2.24, 2.45) is 5.92 Å². The van der Waals surface area contributed by atoms with E-state index in [-0.39, 0.29) is 5.75 Å². The molecule has 0 spiro atoms. The topological polar surface area (TPSA) is 49.4 Å². The van der Waals surface area contributed by atoms with E-state index in [2.05, 4.69) is 19.2 Å². The van der Waals surface area contributed by atoms with Gasteiger partial charge in [0.25, 0.3) is 0 Å². The average Bonchev–Trinajstić information content (AvgIpc) is 2.75. The molecule has 1 rings (SSSR count). The Morgan fingerprint density at radius 1 is 1.41 bits per heavy atom. The summed E-state index contributed by atoms with van der Waals surface area (Å²) in [5, 5.41) is 3.35. The normalized spacial score (nSPS) is 21.6. The minimum atomic E-state index is -3.06. The van der Waals surface area contributed by atoms with Crippen molar-refractivity contribution >= 4 is 10.0 Å². The van der Waals surface area contributed by atoms with Gasteiger partial charge in [-0.15, -0.1) is 0 Å². The van der Waals surface area contributed by atoms with Crippen LogP contribution in [0.15, 0.2) is 0 Å². The van der Waals surface area contributed by atoms with Gasteiger partial charge >= 0.3 is 0 Å². The van der Waals surface area contributed by atoms with Crippen LogP contribution < -0.4 is 5.32 Å². The van der Waals surface area contributed by atoms with E-state index in [4.69, 9.17) is 0 Å². The van der Waals surface area contributed by atoms with Crippen LogP contribution in [0.5, 0.6) is 0 Å². The zero-order valence-electron chi connectivity index (χ0n) is 11.3. The first-order chi connectivity index (χ1) is 7.95. The number of hydrogen-bond acceptors (Lipinski definition) is 3. The molecule has 1 N–H and O–H groups in total. The molecule has 0 radical (unpaired) electrons. The van der Waals surface area contributed by atoms with E-state index in [0.29, 0.717) is 25.0 Å². The molecule has 0 aromatic carbocycles. The number of sulfonamides is 1. The molecular formula is C12H26N2O2S. The molecule has 4 nitrogen and oxygen atoms in total. The molecule has 0 aromatic heterocycles. The third-order valence-electron chi connectivity index (χ3n) is 3.29. The third kappa shape index (κ3) is 4.94. The first-order valence-electron chi connectivity index (χ1n) is 6.67. The average molecular weight is 262 g/mol. The predicted octanol–water partition coefficient (Wildman–Crippen LogP) is 1.44. The Kier molecular flexibility index (Phi) is 5.89. The summed E-state index contributed by atoms with van der Waals surface area (Å²) in [6.45, 7) is 8.28. The van der Waals surface area contributed by atoms with Gasteiger partial charge in [-0.1, -0.05) is 20.8 Å². The van der Waals surface area contributed by atoms with Gasteiger partial charge in [-0.2, -0.15) is 0 Å². The zero-order valence-corrected chi connectivity index (χ0v) is 12.1. The maximum Gasteiger partial charge on any atom is 0.214 e. The lowest BCUT2D eigenvalue weighted by molar-refractivity contribution is 0.381. The van der Waals surface area contributed by atoms with Crippen LogP contribution in [-0.4, -0.2) is 44.2 Å². The summed E-state index contributed by atoms with van der Waals surface area (Å²) in [6, 6.07) is 0.351. The molecule has 1 fully saturated rings. The monoisotopic (exact) mass is 262 g/mol. The minimum absolute atomic E-state index is 0.283.